The molecule has 2 aromatic heterocycles. The summed E-state index contributed by atoms with van der Waals surface area (Å²) in [6.07, 6.45) is 2.04. The predicted molar refractivity (Wildman–Crippen MR) is 69.3 cm³/mol. The standard InChI is InChI=1S/C11H12Br2N2/c1-11(2,3)10-14-9(13)8-6-7(12)4-5-15(8)10/h4-6H,1-3H3. The molecule has 0 aromatic carbocycles. The smallest absolute Gasteiger partial charge is 0.132 e. The SMILES string of the molecule is CC(C)(C)c1nc(Br)c2cc(Br)ccn12. The molecule has 0 bridgehead atoms. The van der Waals surface area contributed by atoms with Crippen LogP contribution < -0.4 is 0 Å². The van der Waals surface area contributed by atoms with Crippen LogP contribution in [0.1, 0.15) is 26.6 Å². The molecule has 0 spiro atoms. The van der Waals surface area contributed by atoms with Gasteiger partial charge in [0.15, 0.2) is 0 Å². The average molecular weight is 332 g/mol. The van der Waals surface area contributed by atoms with Crippen LogP contribution in [0.4, 0.5) is 0 Å². The summed E-state index contributed by atoms with van der Waals surface area (Å²) >= 11 is 6.96. The molecule has 4 heteroatoms. The topological polar surface area (TPSA) is 17.3 Å². The van der Waals surface area contributed by atoms with E-state index in [1.165, 1.54) is 0 Å². The van der Waals surface area contributed by atoms with Gasteiger partial charge in [0, 0.05) is 16.1 Å². The third-order valence-electron chi connectivity index (χ3n) is 2.23. The van der Waals surface area contributed by atoms with Crippen LogP contribution in [0.3, 0.4) is 0 Å². The van der Waals surface area contributed by atoms with Gasteiger partial charge < -0.3 is 4.40 Å². The molecule has 0 aliphatic heterocycles. The molecule has 0 saturated heterocycles. The third kappa shape index (κ3) is 1.97. The zero-order chi connectivity index (χ0) is 11.2. The molecule has 0 atom stereocenters. The second kappa shape index (κ2) is 3.59. The van der Waals surface area contributed by atoms with Crippen LogP contribution >= 0.6 is 31.9 Å². The Bertz CT molecular complexity index is 509. The van der Waals surface area contributed by atoms with Crippen molar-refractivity contribution in [1.29, 1.82) is 0 Å². The summed E-state index contributed by atoms with van der Waals surface area (Å²) < 4.78 is 4.08. The Hall–Kier alpha value is -0.350. The van der Waals surface area contributed by atoms with Crippen molar-refractivity contribution in [2.24, 2.45) is 0 Å². The number of pyridine rings is 1. The molecule has 0 radical (unpaired) electrons. The number of aromatic nitrogens is 2. The first-order valence-electron chi connectivity index (χ1n) is 4.73. The minimum Gasteiger partial charge on any atom is -0.302 e. The largest absolute Gasteiger partial charge is 0.302 e. The van der Waals surface area contributed by atoms with Gasteiger partial charge in [-0.05, 0) is 28.1 Å². The fourth-order valence-electron chi connectivity index (χ4n) is 1.55. The Morgan fingerprint density at radius 3 is 2.53 bits per heavy atom. The van der Waals surface area contributed by atoms with Crippen molar-refractivity contribution in [2.75, 3.05) is 0 Å². The third-order valence-corrected chi connectivity index (χ3v) is 3.31. The summed E-state index contributed by atoms with van der Waals surface area (Å²) in [7, 11) is 0. The number of hydrogen-bond acceptors (Lipinski definition) is 1. The lowest BCUT2D eigenvalue weighted by molar-refractivity contribution is 0.542. The van der Waals surface area contributed by atoms with Gasteiger partial charge in [0.1, 0.15) is 10.4 Å². The summed E-state index contributed by atoms with van der Waals surface area (Å²) in [5.41, 5.74) is 1.14. The first-order valence-corrected chi connectivity index (χ1v) is 6.32. The van der Waals surface area contributed by atoms with Gasteiger partial charge in [-0.3, -0.25) is 0 Å². The van der Waals surface area contributed by atoms with Gasteiger partial charge in [0.25, 0.3) is 0 Å². The van der Waals surface area contributed by atoms with Crippen LogP contribution in [0.2, 0.25) is 0 Å². The molecule has 0 aliphatic carbocycles. The Morgan fingerprint density at radius 2 is 1.93 bits per heavy atom. The number of hydrogen-bond donors (Lipinski definition) is 0. The van der Waals surface area contributed by atoms with E-state index in [2.05, 4.69) is 68.1 Å². The van der Waals surface area contributed by atoms with Gasteiger partial charge in [-0.25, -0.2) is 4.98 Å². The molecule has 0 fully saturated rings. The van der Waals surface area contributed by atoms with E-state index in [1.807, 2.05) is 12.3 Å². The number of imidazole rings is 1. The predicted octanol–water partition coefficient (Wildman–Crippen LogP) is 4.16. The molecule has 2 rings (SSSR count). The molecular formula is C11H12Br2N2. The highest BCUT2D eigenvalue weighted by Gasteiger charge is 2.21. The van der Waals surface area contributed by atoms with Gasteiger partial charge in [-0.15, -0.1) is 0 Å². The molecule has 2 heterocycles. The van der Waals surface area contributed by atoms with E-state index < -0.39 is 0 Å². The average Bonchev–Trinajstić information content (AvgIpc) is 2.43. The summed E-state index contributed by atoms with van der Waals surface area (Å²) in [6, 6.07) is 4.09. The Balaban J connectivity index is 2.79. The van der Waals surface area contributed by atoms with Gasteiger partial charge in [-0.1, -0.05) is 36.7 Å². The monoisotopic (exact) mass is 330 g/mol. The maximum Gasteiger partial charge on any atom is 0.132 e. The highest BCUT2D eigenvalue weighted by atomic mass is 79.9. The molecule has 15 heavy (non-hydrogen) atoms. The Morgan fingerprint density at radius 1 is 1.27 bits per heavy atom. The molecule has 0 aliphatic rings. The van der Waals surface area contributed by atoms with E-state index in [1.54, 1.807) is 0 Å². The van der Waals surface area contributed by atoms with E-state index in [4.69, 9.17) is 0 Å². The van der Waals surface area contributed by atoms with Crippen molar-refractivity contribution in [3.63, 3.8) is 0 Å². The number of halogens is 2. The lowest BCUT2D eigenvalue weighted by Crippen LogP contribution is -2.15. The molecule has 80 valence electrons. The minimum absolute atomic E-state index is 0.0444. The lowest BCUT2D eigenvalue weighted by Gasteiger charge is -2.16. The van der Waals surface area contributed by atoms with Crippen LogP contribution in [0.25, 0.3) is 5.52 Å². The summed E-state index contributed by atoms with van der Waals surface area (Å²) in [5.74, 6) is 1.07. The van der Waals surface area contributed by atoms with Crippen molar-refractivity contribution in [3.8, 4) is 0 Å². The molecule has 0 unspecified atom stereocenters. The van der Waals surface area contributed by atoms with Crippen LogP contribution in [-0.2, 0) is 5.41 Å². The second-order valence-corrected chi connectivity index (χ2v) is 6.24. The summed E-state index contributed by atoms with van der Waals surface area (Å²) in [6.45, 7) is 6.49. The maximum absolute atomic E-state index is 4.56. The quantitative estimate of drug-likeness (QED) is 0.708. The Labute approximate surface area is 106 Å². The van der Waals surface area contributed by atoms with Crippen molar-refractivity contribution in [2.45, 2.75) is 26.2 Å². The summed E-state index contributed by atoms with van der Waals surface area (Å²) in [5, 5.41) is 0. The molecule has 2 nitrogen and oxygen atoms in total. The van der Waals surface area contributed by atoms with E-state index in [-0.39, 0.29) is 5.41 Å². The van der Waals surface area contributed by atoms with Gasteiger partial charge in [0.05, 0.1) is 5.52 Å². The van der Waals surface area contributed by atoms with Gasteiger partial charge in [0.2, 0.25) is 0 Å². The van der Waals surface area contributed by atoms with Crippen molar-refractivity contribution in [1.82, 2.24) is 9.38 Å². The zero-order valence-corrected chi connectivity index (χ0v) is 12.1. The molecule has 2 aromatic rings. The fourth-order valence-corrected chi connectivity index (χ4v) is 2.36. The maximum atomic E-state index is 4.56. The highest BCUT2D eigenvalue weighted by molar-refractivity contribution is 9.11. The minimum atomic E-state index is 0.0444. The second-order valence-electron chi connectivity index (χ2n) is 4.58. The first-order chi connectivity index (χ1) is 6.89. The zero-order valence-electron chi connectivity index (χ0n) is 8.88. The van der Waals surface area contributed by atoms with Crippen molar-refractivity contribution >= 4 is 37.4 Å². The molecule has 0 N–H and O–H groups in total. The van der Waals surface area contributed by atoms with Crippen LogP contribution in [0.5, 0.6) is 0 Å². The van der Waals surface area contributed by atoms with Gasteiger partial charge >= 0.3 is 0 Å². The number of rotatable bonds is 0. The fraction of sp³-hybridized carbons (Fsp3) is 0.364. The Kier molecular flexibility index (Phi) is 2.67. The lowest BCUT2D eigenvalue weighted by atomic mass is 9.96. The van der Waals surface area contributed by atoms with Crippen molar-refractivity contribution in [3.05, 3.63) is 33.2 Å². The van der Waals surface area contributed by atoms with E-state index in [0.29, 0.717) is 0 Å². The number of fused-ring (bicyclic) bond motifs is 1. The van der Waals surface area contributed by atoms with Crippen LogP contribution in [-0.4, -0.2) is 9.38 Å². The normalized spacial score (nSPS) is 12.3. The van der Waals surface area contributed by atoms with Crippen LogP contribution in [0, 0.1) is 0 Å². The van der Waals surface area contributed by atoms with E-state index >= 15 is 0 Å². The van der Waals surface area contributed by atoms with E-state index in [9.17, 15) is 0 Å². The van der Waals surface area contributed by atoms with Crippen molar-refractivity contribution < 1.29 is 0 Å². The summed E-state index contributed by atoms with van der Waals surface area (Å²) in [4.78, 5) is 4.56. The number of nitrogens with zero attached hydrogens (tertiary/aromatic N) is 2. The first kappa shape index (κ1) is 11.1. The highest BCUT2D eigenvalue weighted by Crippen LogP contribution is 2.28. The van der Waals surface area contributed by atoms with E-state index in [0.717, 1.165) is 20.4 Å². The molecule has 0 amide bonds. The van der Waals surface area contributed by atoms with Gasteiger partial charge in [-0.2, -0.15) is 0 Å². The molecule has 0 saturated carbocycles. The van der Waals surface area contributed by atoms with Crippen LogP contribution in [0.15, 0.2) is 27.4 Å². The molecular weight excluding hydrogens is 320 g/mol.